The molecule has 130 valence electrons. The Morgan fingerprint density at radius 1 is 1.00 bits per heavy atom. The number of benzene rings is 2. The van der Waals surface area contributed by atoms with Gasteiger partial charge < -0.3 is 9.73 Å². The van der Waals surface area contributed by atoms with Gasteiger partial charge >= 0.3 is 0 Å². The number of rotatable bonds is 5. The van der Waals surface area contributed by atoms with Crippen molar-refractivity contribution in [3.05, 3.63) is 69.3 Å². The number of nitrogens with two attached hydrogens (primary N) is 1. The summed E-state index contributed by atoms with van der Waals surface area (Å²) in [5.74, 6) is 1.53. The molecule has 3 rings (SSSR count). The minimum Gasteiger partial charge on any atom is -0.459 e. The number of sulfonamides is 1. The fraction of sp³-hybridized carbons (Fsp3) is 0.0588. The average molecular weight is 486 g/mol. The molecule has 0 bridgehead atoms. The molecule has 2 aromatic carbocycles. The first kappa shape index (κ1) is 18.2. The van der Waals surface area contributed by atoms with Crippen LogP contribution in [0.15, 0.2) is 72.9 Å². The Labute approximate surface area is 162 Å². The second-order valence-electron chi connectivity index (χ2n) is 5.31. The molecule has 5 nitrogen and oxygen atoms in total. The van der Waals surface area contributed by atoms with E-state index in [1.54, 1.807) is 12.1 Å². The summed E-state index contributed by atoms with van der Waals surface area (Å²) >= 11 is 6.95. The largest absolute Gasteiger partial charge is 0.459 e. The van der Waals surface area contributed by atoms with Crippen molar-refractivity contribution < 1.29 is 12.8 Å². The van der Waals surface area contributed by atoms with Crippen LogP contribution >= 0.6 is 31.9 Å². The van der Waals surface area contributed by atoms with Gasteiger partial charge in [0.1, 0.15) is 11.5 Å². The summed E-state index contributed by atoms with van der Waals surface area (Å²) in [7, 11) is -3.68. The van der Waals surface area contributed by atoms with Crippen molar-refractivity contribution in [2.45, 2.75) is 11.4 Å². The first-order valence-electron chi connectivity index (χ1n) is 7.24. The van der Waals surface area contributed by atoms with Crippen LogP contribution in [0.5, 0.6) is 0 Å². The SMILES string of the molecule is NS(=O)(=O)c1ccc(NCc2ccc(-c3ccc(Br)cc3Br)o2)cc1. The highest BCUT2D eigenvalue weighted by molar-refractivity contribution is 9.11. The summed E-state index contributed by atoms with van der Waals surface area (Å²) in [5, 5.41) is 8.26. The summed E-state index contributed by atoms with van der Waals surface area (Å²) in [6.07, 6.45) is 0. The minimum atomic E-state index is -3.68. The maximum absolute atomic E-state index is 11.2. The average Bonchev–Trinajstić information content (AvgIpc) is 3.01. The highest BCUT2D eigenvalue weighted by atomic mass is 79.9. The van der Waals surface area contributed by atoms with E-state index >= 15 is 0 Å². The molecule has 8 heteroatoms. The van der Waals surface area contributed by atoms with Crippen LogP contribution in [0.3, 0.4) is 0 Å². The van der Waals surface area contributed by atoms with Crippen molar-refractivity contribution in [3.63, 3.8) is 0 Å². The van der Waals surface area contributed by atoms with Crippen molar-refractivity contribution in [1.29, 1.82) is 0 Å². The summed E-state index contributed by atoms with van der Waals surface area (Å²) < 4.78 is 30.3. The topological polar surface area (TPSA) is 85.3 Å². The van der Waals surface area contributed by atoms with Crippen LogP contribution in [0.25, 0.3) is 11.3 Å². The van der Waals surface area contributed by atoms with E-state index in [0.29, 0.717) is 6.54 Å². The maximum atomic E-state index is 11.2. The van der Waals surface area contributed by atoms with Crippen molar-refractivity contribution in [1.82, 2.24) is 0 Å². The Morgan fingerprint density at radius 3 is 2.36 bits per heavy atom. The van der Waals surface area contributed by atoms with Crippen LogP contribution in [-0.4, -0.2) is 8.42 Å². The maximum Gasteiger partial charge on any atom is 0.238 e. The van der Waals surface area contributed by atoms with Gasteiger partial charge in [0.25, 0.3) is 0 Å². The van der Waals surface area contributed by atoms with E-state index in [9.17, 15) is 8.42 Å². The summed E-state index contributed by atoms with van der Waals surface area (Å²) in [6, 6.07) is 15.9. The van der Waals surface area contributed by atoms with Crippen LogP contribution in [-0.2, 0) is 16.6 Å². The van der Waals surface area contributed by atoms with Crippen LogP contribution in [0, 0.1) is 0 Å². The molecule has 0 saturated heterocycles. The summed E-state index contributed by atoms with van der Waals surface area (Å²) in [4.78, 5) is 0.0819. The van der Waals surface area contributed by atoms with Gasteiger partial charge in [-0.05, 0) is 70.5 Å². The molecule has 3 aromatic rings. The standard InChI is InChI=1S/C17H14Br2N2O3S/c18-11-1-7-15(16(19)9-11)17-8-4-13(24-17)10-21-12-2-5-14(6-3-12)25(20,22)23/h1-9,21H,10H2,(H2,20,22,23). The number of hydrogen-bond acceptors (Lipinski definition) is 4. The molecule has 0 spiro atoms. The Bertz CT molecular complexity index is 999. The Morgan fingerprint density at radius 2 is 1.72 bits per heavy atom. The van der Waals surface area contributed by atoms with Crippen molar-refractivity contribution >= 4 is 47.6 Å². The molecule has 0 saturated carbocycles. The third-order valence-corrected chi connectivity index (χ3v) is 5.59. The first-order valence-corrected chi connectivity index (χ1v) is 10.4. The number of primary sulfonamides is 1. The van der Waals surface area contributed by atoms with Crippen molar-refractivity contribution in [3.8, 4) is 11.3 Å². The molecule has 0 unspecified atom stereocenters. The van der Waals surface area contributed by atoms with E-state index in [0.717, 1.165) is 31.7 Å². The lowest BCUT2D eigenvalue weighted by Crippen LogP contribution is -2.11. The molecule has 0 radical (unpaired) electrons. The highest BCUT2D eigenvalue weighted by Gasteiger charge is 2.10. The predicted molar refractivity (Wildman–Crippen MR) is 105 cm³/mol. The zero-order valence-electron chi connectivity index (χ0n) is 12.9. The van der Waals surface area contributed by atoms with Gasteiger partial charge in [-0.3, -0.25) is 0 Å². The monoisotopic (exact) mass is 484 g/mol. The molecule has 0 aliphatic carbocycles. The lowest BCUT2D eigenvalue weighted by molar-refractivity contribution is 0.531. The molecule has 0 aliphatic heterocycles. The van der Waals surface area contributed by atoms with E-state index in [1.807, 2.05) is 30.3 Å². The van der Waals surface area contributed by atoms with Gasteiger partial charge in [0.2, 0.25) is 10.0 Å². The lowest BCUT2D eigenvalue weighted by Gasteiger charge is -2.06. The summed E-state index contributed by atoms with van der Waals surface area (Å²) in [6.45, 7) is 0.475. The Hall–Kier alpha value is -1.61. The quantitative estimate of drug-likeness (QED) is 0.546. The van der Waals surface area contributed by atoms with Crippen LogP contribution in [0.2, 0.25) is 0 Å². The number of furan rings is 1. The third-order valence-electron chi connectivity index (χ3n) is 3.51. The number of anilines is 1. The molecule has 0 aliphatic rings. The highest BCUT2D eigenvalue weighted by Crippen LogP contribution is 2.32. The first-order chi connectivity index (χ1) is 11.8. The zero-order chi connectivity index (χ0) is 18.0. The van der Waals surface area contributed by atoms with Gasteiger partial charge in [0.15, 0.2) is 0 Å². The van der Waals surface area contributed by atoms with Gasteiger partial charge in [0.05, 0.1) is 11.4 Å². The molecule has 1 heterocycles. The van der Waals surface area contributed by atoms with Gasteiger partial charge in [-0.2, -0.15) is 0 Å². The van der Waals surface area contributed by atoms with Crippen LogP contribution < -0.4 is 10.5 Å². The van der Waals surface area contributed by atoms with E-state index in [4.69, 9.17) is 9.56 Å². The molecular weight excluding hydrogens is 472 g/mol. The molecule has 25 heavy (non-hydrogen) atoms. The van der Waals surface area contributed by atoms with E-state index in [1.165, 1.54) is 12.1 Å². The van der Waals surface area contributed by atoms with Crippen molar-refractivity contribution in [2.24, 2.45) is 5.14 Å². The van der Waals surface area contributed by atoms with Gasteiger partial charge in [-0.25, -0.2) is 13.6 Å². The zero-order valence-corrected chi connectivity index (χ0v) is 16.9. The number of halogens is 2. The smallest absolute Gasteiger partial charge is 0.238 e. The van der Waals surface area contributed by atoms with Crippen LogP contribution in [0.1, 0.15) is 5.76 Å². The Kier molecular flexibility index (Phi) is 5.33. The van der Waals surface area contributed by atoms with E-state index in [2.05, 4.69) is 37.2 Å². The molecule has 0 amide bonds. The second kappa shape index (κ2) is 7.33. The third kappa shape index (κ3) is 4.52. The predicted octanol–water partition coefficient (Wildman–Crippen LogP) is 4.73. The van der Waals surface area contributed by atoms with E-state index < -0.39 is 10.0 Å². The minimum absolute atomic E-state index is 0.0819. The van der Waals surface area contributed by atoms with Gasteiger partial charge in [-0.15, -0.1) is 0 Å². The van der Waals surface area contributed by atoms with Gasteiger partial charge in [0, 0.05) is 20.2 Å². The lowest BCUT2D eigenvalue weighted by atomic mass is 10.2. The summed E-state index contributed by atoms with van der Waals surface area (Å²) in [5.41, 5.74) is 1.74. The van der Waals surface area contributed by atoms with Crippen LogP contribution in [0.4, 0.5) is 5.69 Å². The second-order valence-corrected chi connectivity index (χ2v) is 8.64. The Balaban J connectivity index is 1.70. The molecule has 0 atom stereocenters. The van der Waals surface area contributed by atoms with Crippen molar-refractivity contribution in [2.75, 3.05) is 5.32 Å². The molecule has 3 N–H and O–H groups in total. The number of nitrogens with one attached hydrogen (secondary N) is 1. The molecular formula is C17H14Br2N2O3S. The fourth-order valence-corrected chi connectivity index (χ4v) is 4.02. The molecule has 1 aromatic heterocycles. The molecule has 0 fully saturated rings. The number of hydrogen-bond donors (Lipinski definition) is 2. The van der Waals surface area contributed by atoms with Gasteiger partial charge in [-0.1, -0.05) is 15.9 Å². The normalized spacial score (nSPS) is 11.5. The fourth-order valence-electron chi connectivity index (χ4n) is 2.26. The van der Waals surface area contributed by atoms with E-state index in [-0.39, 0.29) is 4.90 Å².